The van der Waals surface area contributed by atoms with Crippen LogP contribution in [0.5, 0.6) is 0 Å². The van der Waals surface area contributed by atoms with E-state index in [1.807, 2.05) is 48.5 Å². The fourth-order valence-corrected chi connectivity index (χ4v) is 18.2. The molecule has 41 heavy (non-hydrogen) atoms. The van der Waals surface area contributed by atoms with Crippen molar-refractivity contribution in [3.05, 3.63) is 119 Å². The molecule has 0 atom stereocenters. The Hall–Kier alpha value is -4.44. The number of rotatable bonds is 8. The second-order valence-corrected chi connectivity index (χ2v) is 19.9. The molecule has 0 heterocycles. The Labute approximate surface area is 241 Å². The summed E-state index contributed by atoms with van der Waals surface area (Å²) in [7, 11) is 5.31. The monoisotopic (exact) mass is 660 g/mol. The Kier molecular flexibility index (Phi) is 9.24. The van der Waals surface area contributed by atoms with Crippen LogP contribution in [0.25, 0.3) is 0 Å². The van der Waals surface area contributed by atoms with E-state index in [1.165, 1.54) is 28.4 Å². The summed E-state index contributed by atoms with van der Waals surface area (Å²) in [6, 6.07) is 29.1. The number of methoxy groups -OCH3 is 4. The van der Waals surface area contributed by atoms with Crippen molar-refractivity contribution in [2.24, 2.45) is 0 Å². The molecule has 9 heteroatoms. The van der Waals surface area contributed by atoms with Crippen molar-refractivity contribution in [2.75, 3.05) is 28.4 Å². The van der Waals surface area contributed by atoms with Crippen LogP contribution < -0.4 is 14.3 Å². The van der Waals surface area contributed by atoms with Crippen molar-refractivity contribution in [1.29, 1.82) is 0 Å². The number of carbonyl (C=O) groups excluding carboxylic acids is 4. The predicted molar refractivity (Wildman–Crippen MR) is 155 cm³/mol. The third kappa shape index (κ3) is 5.74. The van der Waals surface area contributed by atoms with Crippen LogP contribution in [-0.2, 0) is 18.9 Å². The molecule has 0 saturated heterocycles. The first-order valence-corrected chi connectivity index (χ1v) is 18.3. The van der Waals surface area contributed by atoms with Crippen LogP contribution in [0.4, 0.5) is 0 Å². The molecule has 0 spiro atoms. The summed E-state index contributed by atoms with van der Waals surface area (Å²) in [6.07, 6.45) is 0. The first kappa shape index (κ1) is 29.5. The Bertz CT molecular complexity index is 1320. The number of ether oxygens (including phenoxy) is 4. The summed E-state index contributed by atoms with van der Waals surface area (Å²) >= 11 is -4.29. The maximum atomic E-state index is 12.2. The van der Waals surface area contributed by atoms with Crippen LogP contribution in [0.1, 0.15) is 41.4 Å². The van der Waals surface area contributed by atoms with E-state index in [0.717, 1.165) is 14.3 Å². The Morgan fingerprint density at radius 2 is 0.537 bits per heavy atom. The van der Waals surface area contributed by atoms with Gasteiger partial charge in [-0.25, -0.2) is 0 Å². The average molecular weight is 659 g/mol. The number of hydrogen-bond acceptors (Lipinski definition) is 8. The summed E-state index contributed by atoms with van der Waals surface area (Å²) < 4.78 is 23.5. The molecule has 0 aliphatic carbocycles. The second kappa shape index (κ2) is 12.8. The SMILES string of the molecule is COC(=O)c1cc[c]([Sn]([c]2ccc(C(=O)OC)cc2)([c]2ccc(C(=O)OC)cc2)[c]2ccc(C(=O)OC)cc2)cc1. The van der Waals surface area contributed by atoms with E-state index < -0.39 is 42.3 Å². The van der Waals surface area contributed by atoms with Gasteiger partial charge in [-0.3, -0.25) is 0 Å². The summed E-state index contributed by atoms with van der Waals surface area (Å²) in [5.41, 5.74) is 1.61. The zero-order chi connectivity index (χ0) is 29.6. The molecule has 0 N–H and O–H groups in total. The van der Waals surface area contributed by atoms with Gasteiger partial charge in [0.05, 0.1) is 0 Å². The zero-order valence-electron chi connectivity index (χ0n) is 23.0. The molecule has 0 aliphatic rings. The quantitative estimate of drug-likeness (QED) is 0.161. The molecule has 0 bridgehead atoms. The van der Waals surface area contributed by atoms with E-state index in [1.54, 1.807) is 48.5 Å². The maximum absolute atomic E-state index is 12.2. The van der Waals surface area contributed by atoms with Gasteiger partial charge in [-0.15, -0.1) is 0 Å². The summed E-state index contributed by atoms with van der Waals surface area (Å²) in [5, 5.41) is 0. The number of carbonyl (C=O) groups is 4. The topological polar surface area (TPSA) is 105 Å². The van der Waals surface area contributed by atoms with Crippen molar-refractivity contribution < 1.29 is 38.1 Å². The van der Waals surface area contributed by atoms with Gasteiger partial charge < -0.3 is 0 Å². The average Bonchev–Trinajstić information content (AvgIpc) is 3.04. The fraction of sp³-hybridized carbons (Fsp3) is 0.125. The van der Waals surface area contributed by atoms with Crippen LogP contribution >= 0.6 is 0 Å². The molecule has 0 aliphatic heterocycles. The van der Waals surface area contributed by atoms with Crippen molar-refractivity contribution in [2.45, 2.75) is 0 Å². The molecule has 0 saturated carbocycles. The molecular formula is C32H28O8Sn. The molecule has 0 amide bonds. The molecule has 8 nitrogen and oxygen atoms in total. The Morgan fingerprint density at radius 1 is 0.366 bits per heavy atom. The van der Waals surface area contributed by atoms with E-state index in [-0.39, 0.29) is 0 Å². The van der Waals surface area contributed by atoms with Gasteiger partial charge in [0.25, 0.3) is 0 Å². The number of esters is 4. The molecular weight excluding hydrogens is 631 g/mol. The molecule has 0 unspecified atom stereocenters. The molecule has 0 aromatic heterocycles. The Balaban J connectivity index is 2.05. The third-order valence-electron chi connectivity index (χ3n) is 6.96. The number of benzene rings is 4. The van der Waals surface area contributed by atoms with Crippen molar-refractivity contribution >= 4 is 56.6 Å². The van der Waals surface area contributed by atoms with E-state index in [2.05, 4.69) is 0 Å². The number of hydrogen-bond donors (Lipinski definition) is 0. The van der Waals surface area contributed by atoms with Gasteiger partial charge in [0.15, 0.2) is 0 Å². The minimum atomic E-state index is -4.29. The minimum absolute atomic E-state index is 0.402. The van der Waals surface area contributed by atoms with Gasteiger partial charge >= 0.3 is 242 Å². The fourth-order valence-electron chi connectivity index (χ4n) is 4.90. The van der Waals surface area contributed by atoms with E-state index >= 15 is 0 Å². The second-order valence-electron chi connectivity index (χ2n) is 9.03. The van der Waals surface area contributed by atoms with Crippen molar-refractivity contribution in [1.82, 2.24) is 0 Å². The molecule has 0 radical (unpaired) electrons. The first-order valence-electron chi connectivity index (χ1n) is 12.6. The van der Waals surface area contributed by atoms with Crippen LogP contribution in [-0.4, -0.2) is 70.7 Å². The molecule has 4 rings (SSSR count). The summed E-state index contributed by atoms with van der Waals surface area (Å²) in [5.74, 6) is -1.82. The molecule has 4 aromatic carbocycles. The van der Waals surface area contributed by atoms with Crippen molar-refractivity contribution in [3.63, 3.8) is 0 Å². The summed E-state index contributed by atoms with van der Waals surface area (Å²) in [4.78, 5) is 48.9. The van der Waals surface area contributed by atoms with Crippen molar-refractivity contribution in [3.8, 4) is 0 Å². The third-order valence-corrected chi connectivity index (χ3v) is 20.6. The van der Waals surface area contributed by atoms with E-state index in [4.69, 9.17) is 18.9 Å². The first-order chi connectivity index (χ1) is 19.8. The van der Waals surface area contributed by atoms with Gasteiger partial charge in [0.1, 0.15) is 0 Å². The zero-order valence-corrected chi connectivity index (χ0v) is 25.9. The van der Waals surface area contributed by atoms with E-state index in [9.17, 15) is 19.2 Å². The van der Waals surface area contributed by atoms with Gasteiger partial charge in [-0.2, -0.15) is 0 Å². The van der Waals surface area contributed by atoms with Crippen LogP contribution in [0.2, 0.25) is 0 Å². The normalized spacial score (nSPS) is 10.8. The molecule has 208 valence electrons. The van der Waals surface area contributed by atoms with Crippen LogP contribution in [0.3, 0.4) is 0 Å². The van der Waals surface area contributed by atoms with Gasteiger partial charge in [0.2, 0.25) is 0 Å². The van der Waals surface area contributed by atoms with Crippen LogP contribution in [0.15, 0.2) is 97.1 Å². The van der Waals surface area contributed by atoms with Crippen LogP contribution in [0, 0.1) is 0 Å². The van der Waals surface area contributed by atoms with Gasteiger partial charge in [0, 0.05) is 0 Å². The molecule has 0 fully saturated rings. The predicted octanol–water partition coefficient (Wildman–Crippen LogP) is 2.21. The standard InChI is InChI=1S/4C8H7O2.Sn/c4*1-10-8(9)7-5-3-2-4-6-7;/h4*3-6H,1H3;. The van der Waals surface area contributed by atoms with Gasteiger partial charge in [-0.05, 0) is 0 Å². The van der Waals surface area contributed by atoms with Gasteiger partial charge in [-0.1, -0.05) is 0 Å². The summed E-state index contributed by atoms with van der Waals surface area (Å²) in [6.45, 7) is 0. The Morgan fingerprint density at radius 3 is 0.683 bits per heavy atom. The van der Waals surface area contributed by atoms with E-state index in [0.29, 0.717) is 22.3 Å². The molecule has 4 aromatic rings.